The molecule has 0 fully saturated rings. The zero-order valence-corrected chi connectivity index (χ0v) is 22.7. The molecule has 0 radical (unpaired) electrons. The molecule has 2 atom stereocenters. The molecule has 0 spiro atoms. The van der Waals surface area contributed by atoms with E-state index < -0.39 is 29.6 Å². The molecule has 2 aromatic heterocycles. The van der Waals surface area contributed by atoms with Gasteiger partial charge in [-0.05, 0) is 48.4 Å². The number of nitrogens with zero attached hydrogens (tertiary/aromatic N) is 2. The number of carboxylic acids is 1. The van der Waals surface area contributed by atoms with E-state index in [2.05, 4.69) is 15.7 Å². The Morgan fingerprint density at radius 3 is 2.49 bits per heavy atom. The van der Waals surface area contributed by atoms with E-state index in [4.69, 9.17) is 11.6 Å². The van der Waals surface area contributed by atoms with E-state index in [1.54, 1.807) is 29.9 Å². The van der Waals surface area contributed by atoms with Crippen LogP contribution in [0, 0.1) is 11.7 Å². The Hall–Kier alpha value is -4.02. The average Bonchev–Trinajstić information content (AvgIpc) is 3.57. The fourth-order valence-electron chi connectivity index (χ4n) is 3.91. The molecule has 2 aromatic carbocycles. The summed E-state index contributed by atoms with van der Waals surface area (Å²) in [6.07, 6.45) is 2.15. The van der Waals surface area contributed by atoms with Gasteiger partial charge in [0.15, 0.2) is 0 Å². The Kier molecular flexibility index (Phi) is 8.78. The number of aromatic nitrogens is 2. The third kappa shape index (κ3) is 6.52. The molecule has 4 aromatic rings. The molecule has 4 rings (SSSR count). The van der Waals surface area contributed by atoms with Crippen molar-refractivity contribution in [2.45, 2.75) is 32.9 Å². The van der Waals surface area contributed by atoms with Crippen LogP contribution in [0.25, 0.3) is 16.3 Å². The number of carbonyl (C=O) groups is 3. The third-order valence-electron chi connectivity index (χ3n) is 6.30. The second-order valence-corrected chi connectivity index (χ2v) is 10.7. The zero-order chi connectivity index (χ0) is 28.1. The monoisotopic (exact) mass is 568 g/mol. The van der Waals surface area contributed by atoms with Crippen LogP contribution >= 0.6 is 22.9 Å². The minimum atomic E-state index is -1.15. The van der Waals surface area contributed by atoms with E-state index in [0.29, 0.717) is 21.3 Å². The number of carbonyl (C=O) groups excluding carboxylic acids is 2. The first-order chi connectivity index (χ1) is 18.7. The van der Waals surface area contributed by atoms with E-state index in [0.717, 1.165) is 11.8 Å². The SMILES string of the molecule is CCC(C)[C@H](NC(=O)c1ccc(F)c(CNC(=O)c2cn(-c3ccccc3)nc2-c2ccc(Cl)s2)c1)C(=O)O. The summed E-state index contributed by atoms with van der Waals surface area (Å²) in [7, 11) is 0. The number of halogens is 2. The molecule has 0 aliphatic rings. The Balaban J connectivity index is 1.55. The minimum Gasteiger partial charge on any atom is -0.480 e. The quantitative estimate of drug-likeness (QED) is 0.232. The Morgan fingerprint density at radius 2 is 1.85 bits per heavy atom. The van der Waals surface area contributed by atoms with Gasteiger partial charge in [-0.25, -0.2) is 13.9 Å². The smallest absolute Gasteiger partial charge is 0.326 e. The molecule has 202 valence electrons. The van der Waals surface area contributed by atoms with Gasteiger partial charge in [0.2, 0.25) is 0 Å². The Morgan fingerprint density at radius 1 is 1.10 bits per heavy atom. The summed E-state index contributed by atoms with van der Waals surface area (Å²) in [6.45, 7) is 3.34. The first-order valence-electron chi connectivity index (χ1n) is 12.2. The molecular formula is C28H26ClFN4O4S. The molecule has 0 bridgehead atoms. The fourth-order valence-corrected chi connectivity index (χ4v) is 4.95. The van der Waals surface area contributed by atoms with Gasteiger partial charge in [-0.3, -0.25) is 9.59 Å². The molecule has 1 unspecified atom stereocenters. The van der Waals surface area contributed by atoms with Crippen LogP contribution in [0.4, 0.5) is 4.39 Å². The molecule has 2 heterocycles. The lowest BCUT2D eigenvalue weighted by Crippen LogP contribution is -2.45. The maximum Gasteiger partial charge on any atom is 0.326 e. The van der Waals surface area contributed by atoms with Crippen LogP contribution in [0.5, 0.6) is 0 Å². The summed E-state index contributed by atoms with van der Waals surface area (Å²) in [5, 5.41) is 19.3. The lowest BCUT2D eigenvalue weighted by Gasteiger charge is -2.20. The van der Waals surface area contributed by atoms with E-state index in [1.165, 1.54) is 23.5 Å². The first kappa shape index (κ1) is 28.0. The molecule has 3 N–H and O–H groups in total. The van der Waals surface area contributed by atoms with Crippen LogP contribution in [0.2, 0.25) is 4.34 Å². The summed E-state index contributed by atoms with van der Waals surface area (Å²) >= 11 is 7.39. The van der Waals surface area contributed by atoms with Gasteiger partial charge >= 0.3 is 5.97 Å². The lowest BCUT2D eigenvalue weighted by atomic mass is 9.98. The largest absolute Gasteiger partial charge is 0.480 e. The van der Waals surface area contributed by atoms with Crippen molar-refractivity contribution < 1.29 is 23.9 Å². The average molecular weight is 569 g/mol. The number of thiophene rings is 1. The molecule has 0 aliphatic heterocycles. The Bertz CT molecular complexity index is 1500. The van der Waals surface area contributed by atoms with Gasteiger partial charge < -0.3 is 15.7 Å². The predicted molar refractivity (Wildman–Crippen MR) is 148 cm³/mol. The summed E-state index contributed by atoms with van der Waals surface area (Å²) in [5.74, 6) is -3.19. The number of carboxylic acid groups (broad SMARTS) is 1. The van der Waals surface area contributed by atoms with Gasteiger partial charge in [0, 0.05) is 23.9 Å². The van der Waals surface area contributed by atoms with E-state index >= 15 is 0 Å². The van der Waals surface area contributed by atoms with Gasteiger partial charge in [-0.2, -0.15) is 5.10 Å². The molecule has 2 amide bonds. The molecule has 0 aliphatic carbocycles. The van der Waals surface area contributed by atoms with E-state index in [9.17, 15) is 23.9 Å². The van der Waals surface area contributed by atoms with Gasteiger partial charge in [-0.15, -0.1) is 11.3 Å². The molecule has 0 saturated carbocycles. The molecular weight excluding hydrogens is 543 g/mol. The number of nitrogens with one attached hydrogen (secondary N) is 2. The normalized spacial score (nSPS) is 12.5. The highest BCUT2D eigenvalue weighted by Crippen LogP contribution is 2.32. The van der Waals surface area contributed by atoms with Gasteiger partial charge in [-0.1, -0.05) is 50.1 Å². The van der Waals surface area contributed by atoms with Crippen molar-refractivity contribution in [2.24, 2.45) is 5.92 Å². The second-order valence-electron chi connectivity index (χ2n) is 8.94. The highest BCUT2D eigenvalue weighted by Gasteiger charge is 2.26. The zero-order valence-electron chi connectivity index (χ0n) is 21.2. The van der Waals surface area contributed by atoms with Crippen molar-refractivity contribution in [1.82, 2.24) is 20.4 Å². The van der Waals surface area contributed by atoms with Crippen molar-refractivity contribution in [2.75, 3.05) is 0 Å². The minimum absolute atomic E-state index is 0.0718. The molecule has 39 heavy (non-hydrogen) atoms. The lowest BCUT2D eigenvalue weighted by molar-refractivity contribution is -0.140. The highest BCUT2D eigenvalue weighted by molar-refractivity contribution is 7.19. The van der Waals surface area contributed by atoms with Gasteiger partial charge in [0.1, 0.15) is 17.6 Å². The van der Waals surface area contributed by atoms with Crippen LogP contribution in [-0.2, 0) is 11.3 Å². The third-order valence-corrected chi connectivity index (χ3v) is 7.54. The second kappa shape index (κ2) is 12.2. The fraction of sp³-hybridized carbons (Fsp3) is 0.214. The van der Waals surface area contributed by atoms with Crippen LogP contribution in [0.15, 0.2) is 66.9 Å². The standard InChI is InChI=1S/C28H26ClFN4O4S/c1-3-16(2)24(28(37)38)32-26(35)17-9-10-21(30)18(13-17)14-31-27(36)20-15-34(19-7-5-4-6-8-19)33-25(20)22-11-12-23(29)39-22/h4-13,15-16,24H,3,14H2,1-2H3,(H,31,36)(H,32,35)(H,37,38)/t16?,24-/m0/s1. The first-order valence-corrected chi connectivity index (χ1v) is 13.4. The number of hydrogen-bond acceptors (Lipinski definition) is 5. The van der Waals surface area contributed by atoms with Crippen molar-refractivity contribution in [3.8, 4) is 16.3 Å². The van der Waals surface area contributed by atoms with Crippen molar-refractivity contribution in [1.29, 1.82) is 0 Å². The maximum atomic E-state index is 14.6. The Labute approximate surface area is 233 Å². The van der Waals surface area contributed by atoms with E-state index in [1.807, 2.05) is 37.3 Å². The van der Waals surface area contributed by atoms with Crippen molar-refractivity contribution in [3.05, 3.63) is 93.7 Å². The topological polar surface area (TPSA) is 113 Å². The van der Waals surface area contributed by atoms with Crippen LogP contribution in [-0.4, -0.2) is 38.7 Å². The number of benzene rings is 2. The number of rotatable bonds is 10. The van der Waals surface area contributed by atoms with Crippen molar-refractivity contribution in [3.63, 3.8) is 0 Å². The molecule has 11 heteroatoms. The van der Waals surface area contributed by atoms with Gasteiger partial charge in [0.25, 0.3) is 11.8 Å². The summed E-state index contributed by atoms with van der Waals surface area (Å²) in [4.78, 5) is 38.3. The number of aliphatic carboxylic acids is 1. The van der Waals surface area contributed by atoms with Crippen LogP contribution in [0.3, 0.4) is 0 Å². The summed E-state index contributed by atoms with van der Waals surface area (Å²) in [6, 6.07) is 15.4. The molecule has 0 saturated heterocycles. The summed E-state index contributed by atoms with van der Waals surface area (Å²) < 4.78 is 16.8. The van der Waals surface area contributed by atoms with Crippen LogP contribution < -0.4 is 10.6 Å². The predicted octanol–water partition coefficient (Wildman–Crippen LogP) is 5.55. The number of amides is 2. The number of para-hydroxylation sites is 1. The maximum absolute atomic E-state index is 14.6. The highest BCUT2D eigenvalue weighted by atomic mass is 35.5. The molecule has 8 nitrogen and oxygen atoms in total. The van der Waals surface area contributed by atoms with E-state index in [-0.39, 0.29) is 29.2 Å². The van der Waals surface area contributed by atoms with Crippen molar-refractivity contribution >= 4 is 40.7 Å². The summed E-state index contributed by atoms with van der Waals surface area (Å²) in [5.41, 5.74) is 1.60. The number of hydrogen-bond donors (Lipinski definition) is 3. The van der Waals surface area contributed by atoms with Gasteiger partial charge in [0.05, 0.1) is 20.5 Å². The van der Waals surface area contributed by atoms with Crippen LogP contribution in [0.1, 0.15) is 46.5 Å².